The highest BCUT2D eigenvalue weighted by atomic mass is 35.5. The molecule has 1 aromatic carbocycles. The van der Waals surface area contributed by atoms with Crippen molar-refractivity contribution in [3.63, 3.8) is 0 Å². The molecule has 0 fully saturated rings. The van der Waals surface area contributed by atoms with Gasteiger partial charge in [-0.05, 0) is 67.5 Å². The van der Waals surface area contributed by atoms with Crippen molar-refractivity contribution in [3.05, 3.63) is 34.3 Å². The zero-order chi connectivity index (χ0) is 12.1. The fourth-order valence-electron chi connectivity index (χ4n) is 2.45. The number of rotatable bonds is 6. The monoisotopic (exact) mass is 269 g/mol. The second kappa shape index (κ2) is 6.67. The van der Waals surface area contributed by atoms with E-state index in [1.165, 1.54) is 42.6 Å². The molecule has 0 spiro atoms. The molecule has 0 heterocycles. The fourth-order valence-corrected chi connectivity index (χ4v) is 3.13. The predicted octanol–water partition coefficient (Wildman–Crippen LogP) is 4.06. The van der Waals surface area contributed by atoms with Crippen molar-refractivity contribution in [2.75, 3.05) is 18.6 Å². The third kappa shape index (κ3) is 3.64. The minimum atomic E-state index is 0.552. The van der Waals surface area contributed by atoms with Gasteiger partial charge in [-0.25, -0.2) is 0 Å². The maximum absolute atomic E-state index is 6.01. The lowest BCUT2D eigenvalue weighted by Gasteiger charge is -2.13. The first-order valence-corrected chi connectivity index (χ1v) is 8.09. The van der Waals surface area contributed by atoms with Crippen molar-refractivity contribution in [2.45, 2.75) is 31.7 Å². The minimum absolute atomic E-state index is 0.552. The van der Waals surface area contributed by atoms with Gasteiger partial charge < -0.3 is 5.32 Å². The Hall–Kier alpha value is -0.180. The van der Waals surface area contributed by atoms with Crippen LogP contribution in [0.4, 0.5) is 0 Å². The first-order valence-electron chi connectivity index (χ1n) is 6.32. The smallest absolute Gasteiger partial charge is 0.0408 e. The molecule has 17 heavy (non-hydrogen) atoms. The van der Waals surface area contributed by atoms with Gasteiger partial charge in [0.2, 0.25) is 0 Å². The molecule has 0 amide bonds. The molecule has 0 saturated carbocycles. The second-order valence-corrected chi connectivity index (χ2v) is 6.01. The SMILES string of the molecule is CSCCCCNC1CCc2cc(Cl)ccc21. The van der Waals surface area contributed by atoms with E-state index in [0.29, 0.717) is 6.04 Å². The van der Waals surface area contributed by atoms with Crippen molar-refractivity contribution in [2.24, 2.45) is 0 Å². The molecular weight excluding hydrogens is 250 g/mol. The van der Waals surface area contributed by atoms with Gasteiger partial charge in [0.1, 0.15) is 0 Å². The molecule has 1 unspecified atom stereocenters. The first kappa shape index (κ1) is 13.3. The maximum Gasteiger partial charge on any atom is 0.0408 e. The van der Waals surface area contributed by atoms with Crippen LogP contribution in [0.3, 0.4) is 0 Å². The van der Waals surface area contributed by atoms with Crippen LogP contribution < -0.4 is 5.32 Å². The van der Waals surface area contributed by atoms with Crippen LogP contribution in [0.1, 0.15) is 36.4 Å². The molecule has 0 saturated heterocycles. The molecule has 3 heteroatoms. The van der Waals surface area contributed by atoms with Crippen LogP contribution in [-0.4, -0.2) is 18.6 Å². The Morgan fingerprint density at radius 1 is 1.41 bits per heavy atom. The van der Waals surface area contributed by atoms with Crippen LogP contribution in [0.25, 0.3) is 0 Å². The summed E-state index contributed by atoms with van der Waals surface area (Å²) in [5.41, 5.74) is 2.89. The zero-order valence-electron chi connectivity index (χ0n) is 10.3. The first-order chi connectivity index (χ1) is 8.31. The van der Waals surface area contributed by atoms with Crippen LogP contribution in [0, 0.1) is 0 Å². The van der Waals surface area contributed by atoms with Crippen LogP contribution in [-0.2, 0) is 6.42 Å². The van der Waals surface area contributed by atoms with Crippen molar-refractivity contribution in [1.82, 2.24) is 5.32 Å². The molecule has 0 aliphatic heterocycles. The lowest BCUT2D eigenvalue weighted by molar-refractivity contribution is 0.518. The topological polar surface area (TPSA) is 12.0 Å². The summed E-state index contributed by atoms with van der Waals surface area (Å²) in [4.78, 5) is 0. The van der Waals surface area contributed by atoms with E-state index in [2.05, 4.69) is 23.7 Å². The largest absolute Gasteiger partial charge is 0.310 e. The Morgan fingerprint density at radius 2 is 2.29 bits per heavy atom. The molecule has 0 aromatic heterocycles. The molecule has 1 nitrogen and oxygen atoms in total. The highest BCUT2D eigenvalue weighted by molar-refractivity contribution is 7.98. The van der Waals surface area contributed by atoms with E-state index in [-0.39, 0.29) is 0 Å². The van der Waals surface area contributed by atoms with E-state index in [1.54, 1.807) is 0 Å². The molecule has 1 atom stereocenters. The number of nitrogens with one attached hydrogen (secondary N) is 1. The highest BCUT2D eigenvalue weighted by Crippen LogP contribution is 2.32. The van der Waals surface area contributed by atoms with Crippen LogP contribution in [0.15, 0.2) is 18.2 Å². The average molecular weight is 270 g/mol. The molecule has 1 N–H and O–H groups in total. The quantitative estimate of drug-likeness (QED) is 0.782. The van der Waals surface area contributed by atoms with E-state index < -0.39 is 0 Å². The van der Waals surface area contributed by atoms with E-state index in [4.69, 9.17) is 11.6 Å². The average Bonchev–Trinajstić information content (AvgIpc) is 2.71. The molecule has 1 aromatic rings. The van der Waals surface area contributed by atoms with E-state index in [9.17, 15) is 0 Å². The molecule has 0 bridgehead atoms. The van der Waals surface area contributed by atoms with Gasteiger partial charge in [0, 0.05) is 11.1 Å². The fraction of sp³-hybridized carbons (Fsp3) is 0.571. The summed E-state index contributed by atoms with van der Waals surface area (Å²) < 4.78 is 0. The Morgan fingerprint density at radius 3 is 3.12 bits per heavy atom. The lowest BCUT2D eigenvalue weighted by atomic mass is 10.1. The third-order valence-corrected chi connectivity index (χ3v) is 4.28. The second-order valence-electron chi connectivity index (χ2n) is 4.59. The van der Waals surface area contributed by atoms with E-state index in [0.717, 1.165) is 11.6 Å². The summed E-state index contributed by atoms with van der Waals surface area (Å²) in [7, 11) is 0. The van der Waals surface area contributed by atoms with Crippen molar-refractivity contribution in [1.29, 1.82) is 0 Å². The van der Waals surface area contributed by atoms with Gasteiger partial charge in [0.05, 0.1) is 0 Å². The molecule has 1 aliphatic rings. The van der Waals surface area contributed by atoms with Gasteiger partial charge in [0.25, 0.3) is 0 Å². The number of hydrogen-bond acceptors (Lipinski definition) is 2. The van der Waals surface area contributed by atoms with Gasteiger partial charge in [-0.3, -0.25) is 0 Å². The third-order valence-electron chi connectivity index (χ3n) is 3.35. The summed E-state index contributed by atoms with van der Waals surface area (Å²) in [6.07, 6.45) is 7.15. The zero-order valence-corrected chi connectivity index (χ0v) is 11.9. The van der Waals surface area contributed by atoms with Crippen LogP contribution >= 0.6 is 23.4 Å². The van der Waals surface area contributed by atoms with Crippen molar-refractivity contribution < 1.29 is 0 Å². The van der Waals surface area contributed by atoms with Gasteiger partial charge >= 0.3 is 0 Å². The number of fused-ring (bicyclic) bond motifs is 1. The van der Waals surface area contributed by atoms with Crippen molar-refractivity contribution >= 4 is 23.4 Å². The number of thioether (sulfide) groups is 1. The van der Waals surface area contributed by atoms with Gasteiger partial charge in [0.15, 0.2) is 0 Å². The van der Waals surface area contributed by atoms with Gasteiger partial charge in [-0.15, -0.1) is 0 Å². The molecule has 0 radical (unpaired) electrons. The number of benzene rings is 1. The number of halogens is 1. The molecule has 94 valence electrons. The Kier molecular flexibility index (Phi) is 5.20. The Labute approximate surface area is 113 Å². The van der Waals surface area contributed by atoms with Crippen LogP contribution in [0.5, 0.6) is 0 Å². The Bertz CT molecular complexity index is 367. The summed E-state index contributed by atoms with van der Waals surface area (Å²) >= 11 is 7.94. The number of hydrogen-bond donors (Lipinski definition) is 1. The molecule has 1 aliphatic carbocycles. The van der Waals surface area contributed by atoms with Gasteiger partial charge in [-0.2, -0.15) is 11.8 Å². The van der Waals surface area contributed by atoms with E-state index in [1.807, 2.05) is 17.8 Å². The van der Waals surface area contributed by atoms with E-state index >= 15 is 0 Å². The van der Waals surface area contributed by atoms with Gasteiger partial charge in [-0.1, -0.05) is 17.7 Å². The summed E-state index contributed by atoms with van der Waals surface area (Å²) in [6, 6.07) is 6.86. The number of unbranched alkanes of at least 4 members (excludes halogenated alkanes) is 1. The molecular formula is C14H20ClNS. The normalized spacial score (nSPS) is 18.4. The maximum atomic E-state index is 6.01. The summed E-state index contributed by atoms with van der Waals surface area (Å²) in [5, 5.41) is 4.53. The van der Waals surface area contributed by atoms with Crippen molar-refractivity contribution in [3.8, 4) is 0 Å². The lowest BCUT2D eigenvalue weighted by Crippen LogP contribution is -2.20. The summed E-state index contributed by atoms with van der Waals surface area (Å²) in [5.74, 6) is 1.28. The standard InChI is InChI=1S/C14H20ClNS/c1-17-9-3-2-8-16-14-7-4-11-10-12(15)5-6-13(11)14/h5-6,10,14,16H,2-4,7-9H2,1H3. The number of aryl methyl sites for hydroxylation is 1. The molecule has 2 rings (SSSR count). The van der Waals surface area contributed by atoms with Crippen LogP contribution in [0.2, 0.25) is 5.02 Å². The predicted molar refractivity (Wildman–Crippen MR) is 78.1 cm³/mol. The highest BCUT2D eigenvalue weighted by Gasteiger charge is 2.21. The Balaban J connectivity index is 1.81. The summed E-state index contributed by atoms with van der Waals surface area (Å²) in [6.45, 7) is 1.13. The minimum Gasteiger partial charge on any atom is -0.310 e.